The van der Waals surface area contributed by atoms with Crippen LogP contribution in [-0.4, -0.2) is 44.0 Å². The molecule has 0 spiro atoms. The third-order valence-electron chi connectivity index (χ3n) is 2.16. The predicted octanol–water partition coefficient (Wildman–Crippen LogP) is 0.919. The molecule has 0 saturated carbocycles. The van der Waals surface area contributed by atoms with Crippen LogP contribution < -0.4 is 4.90 Å². The molecule has 5 nitrogen and oxygen atoms in total. The molecule has 0 aliphatic rings. The molecule has 0 aliphatic heterocycles. The Morgan fingerprint density at radius 1 is 1.44 bits per heavy atom. The van der Waals surface area contributed by atoms with Crippen molar-refractivity contribution < 1.29 is 8.42 Å². The number of rotatable bonds is 4. The van der Waals surface area contributed by atoms with Gasteiger partial charge in [-0.25, -0.2) is 18.4 Å². The van der Waals surface area contributed by atoms with E-state index in [0.717, 1.165) is 5.56 Å². The van der Waals surface area contributed by atoms with E-state index in [0.29, 0.717) is 17.5 Å². The number of hydrogen-bond donors (Lipinski definition) is 0. The highest BCUT2D eigenvalue weighted by Gasteiger charge is 2.11. The minimum Gasteiger partial charge on any atom is -0.358 e. The van der Waals surface area contributed by atoms with Crippen LogP contribution in [-0.2, 0) is 9.84 Å². The van der Waals surface area contributed by atoms with Gasteiger partial charge in [0.1, 0.15) is 27.1 Å². The minimum atomic E-state index is -2.97. The van der Waals surface area contributed by atoms with Crippen LogP contribution >= 0.6 is 11.6 Å². The zero-order valence-corrected chi connectivity index (χ0v) is 11.0. The van der Waals surface area contributed by atoms with Crippen molar-refractivity contribution in [3.8, 4) is 0 Å². The lowest BCUT2D eigenvalue weighted by Crippen LogP contribution is -2.26. The molecule has 7 heteroatoms. The Morgan fingerprint density at radius 2 is 2.06 bits per heavy atom. The lowest BCUT2D eigenvalue weighted by Gasteiger charge is -2.19. The maximum atomic E-state index is 11.0. The summed E-state index contributed by atoms with van der Waals surface area (Å²) in [5.41, 5.74) is 0.750. The van der Waals surface area contributed by atoms with Crippen molar-refractivity contribution in [3.05, 3.63) is 17.0 Å². The summed E-state index contributed by atoms with van der Waals surface area (Å²) >= 11 is 5.85. The lowest BCUT2D eigenvalue weighted by atomic mass is 10.3. The molecule has 1 rings (SSSR count). The maximum absolute atomic E-state index is 11.0. The standard InChI is InChI=1S/C9H14ClN3O2S/c1-7-8(10)11-6-12-9(7)13(2)4-5-16(3,14)15/h6H,4-5H2,1-3H3. The monoisotopic (exact) mass is 263 g/mol. The highest BCUT2D eigenvalue weighted by molar-refractivity contribution is 7.90. The number of halogens is 1. The van der Waals surface area contributed by atoms with E-state index < -0.39 is 9.84 Å². The van der Waals surface area contributed by atoms with E-state index >= 15 is 0 Å². The molecule has 0 unspecified atom stereocenters. The first kappa shape index (κ1) is 13.2. The topological polar surface area (TPSA) is 63.2 Å². The van der Waals surface area contributed by atoms with Crippen molar-refractivity contribution in [2.45, 2.75) is 6.92 Å². The third kappa shape index (κ3) is 3.61. The van der Waals surface area contributed by atoms with Gasteiger partial charge in [-0.2, -0.15) is 0 Å². The zero-order valence-electron chi connectivity index (χ0n) is 9.44. The molecule has 0 atom stereocenters. The molecule has 0 amide bonds. The van der Waals surface area contributed by atoms with Crippen LogP contribution in [0.5, 0.6) is 0 Å². The molecular formula is C9H14ClN3O2S. The van der Waals surface area contributed by atoms with Gasteiger partial charge < -0.3 is 4.90 Å². The molecule has 1 aromatic heterocycles. The Labute approximate surface area is 100 Å². The Balaban J connectivity index is 2.81. The zero-order chi connectivity index (χ0) is 12.3. The lowest BCUT2D eigenvalue weighted by molar-refractivity contribution is 0.601. The molecule has 0 radical (unpaired) electrons. The van der Waals surface area contributed by atoms with Crippen LogP contribution in [0, 0.1) is 6.92 Å². The fourth-order valence-electron chi connectivity index (χ4n) is 1.21. The molecular weight excluding hydrogens is 250 g/mol. The van der Waals surface area contributed by atoms with Crippen molar-refractivity contribution in [3.63, 3.8) is 0 Å². The average molecular weight is 264 g/mol. The first-order valence-electron chi connectivity index (χ1n) is 4.67. The number of anilines is 1. The van der Waals surface area contributed by atoms with Crippen LogP contribution in [0.2, 0.25) is 5.15 Å². The maximum Gasteiger partial charge on any atom is 0.149 e. The van der Waals surface area contributed by atoms with E-state index in [-0.39, 0.29) is 5.75 Å². The van der Waals surface area contributed by atoms with Crippen LogP contribution in [0.4, 0.5) is 5.82 Å². The fraction of sp³-hybridized carbons (Fsp3) is 0.556. The second-order valence-corrected chi connectivity index (χ2v) is 6.28. The summed E-state index contributed by atoms with van der Waals surface area (Å²) < 4.78 is 22.1. The summed E-state index contributed by atoms with van der Waals surface area (Å²) in [4.78, 5) is 9.67. The van der Waals surface area contributed by atoms with Crippen LogP contribution in [0.3, 0.4) is 0 Å². The van der Waals surface area contributed by atoms with Crippen molar-refractivity contribution in [2.75, 3.05) is 30.5 Å². The van der Waals surface area contributed by atoms with Crippen molar-refractivity contribution >= 4 is 27.3 Å². The quantitative estimate of drug-likeness (QED) is 0.756. The van der Waals surface area contributed by atoms with Gasteiger partial charge in [0.25, 0.3) is 0 Å². The summed E-state index contributed by atoms with van der Waals surface area (Å²) in [5, 5.41) is 0.385. The second kappa shape index (κ2) is 4.97. The van der Waals surface area contributed by atoms with Gasteiger partial charge in [-0.1, -0.05) is 11.6 Å². The molecule has 0 aromatic carbocycles. The van der Waals surface area contributed by atoms with E-state index in [1.54, 1.807) is 18.9 Å². The fourth-order valence-corrected chi connectivity index (χ4v) is 1.95. The Morgan fingerprint density at radius 3 is 2.62 bits per heavy atom. The van der Waals surface area contributed by atoms with Gasteiger partial charge in [-0.05, 0) is 6.92 Å². The SMILES string of the molecule is Cc1c(Cl)ncnc1N(C)CCS(C)(=O)=O. The van der Waals surface area contributed by atoms with Crippen LogP contribution in [0.25, 0.3) is 0 Å². The van der Waals surface area contributed by atoms with Gasteiger partial charge in [0.2, 0.25) is 0 Å². The predicted molar refractivity (Wildman–Crippen MR) is 64.8 cm³/mol. The van der Waals surface area contributed by atoms with E-state index in [4.69, 9.17) is 11.6 Å². The van der Waals surface area contributed by atoms with Crippen LogP contribution in [0.15, 0.2) is 6.33 Å². The Hall–Kier alpha value is -0.880. The van der Waals surface area contributed by atoms with E-state index in [1.165, 1.54) is 12.6 Å². The van der Waals surface area contributed by atoms with E-state index in [9.17, 15) is 8.42 Å². The van der Waals surface area contributed by atoms with E-state index in [1.807, 2.05) is 0 Å². The van der Waals surface area contributed by atoms with Crippen LogP contribution in [0.1, 0.15) is 5.56 Å². The molecule has 16 heavy (non-hydrogen) atoms. The average Bonchev–Trinajstić information content (AvgIpc) is 2.17. The first-order chi connectivity index (χ1) is 7.31. The Kier molecular flexibility index (Phi) is 4.09. The molecule has 0 fully saturated rings. The minimum absolute atomic E-state index is 0.0879. The number of sulfone groups is 1. The molecule has 0 aliphatic carbocycles. The van der Waals surface area contributed by atoms with Crippen molar-refractivity contribution in [1.82, 2.24) is 9.97 Å². The van der Waals surface area contributed by atoms with Gasteiger partial charge in [0.05, 0.1) is 5.75 Å². The Bertz CT molecular complexity index is 476. The van der Waals surface area contributed by atoms with Gasteiger partial charge in [-0.15, -0.1) is 0 Å². The van der Waals surface area contributed by atoms with Gasteiger partial charge >= 0.3 is 0 Å². The summed E-state index contributed by atoms with van der Waals surface area (Å²) in [5.74, 6) is 0.744. The van der Waals surface area contributed by atoms with Gasteiger partial charge in [0, 0.05) is 25.4 Å². The number of nitrogens with zero attached hydrogens (tertiary/aromatic N) is 3. The van der Waals surface area contributed by atoms with Gasteiger partial charge in [-0.3, -0.25) is 0 Å². The summed E-state index contributed by atoms with van der Waals surface area (Å²) in [6.07, 6.45) is 2.57. The van der Waals surface area contributed by atoms with Crippen molar-refractivity contribution in [2.24, 2.45) is 0 Å². The molecule has 1 aromatic rings. The largest absolute Gasteiger partial charge is 0.358 e. The van der Waals surface area contributed by atoms with Gasteiger partial charge in [0.15, 0.2) is 0 Å². The molecule has 1 heterocycles. The summed E-state index contributed by atoms with van der Waals surface area (Å²) in [6, 6.07) is 0. The van der Waals surface area contributed by atoms with Crippen molar-refractivity contribution in [1.29, 1.82) is 0 Å². The number of hydrogen-bond acceptors (Lipinski definition) is 5. The number of aromatic nitrogens is 2. The molecule has 0 N–H and O–H groups in total. The second-order valence-electron chi connectivity index (χ2n) is 3.66. The molecule has 0 bridgehead atoms. The molecule has 90 valence electrons. The highest BCUT2D eigenvalue weighted by Crippen LogP contribution is 2.20. The normalized spacial score (nSPS) is 11.5. The molecule has 0 saturated heterocycles. The summed E-state index contributed by atoms with van der Waals surface area (Å²) in [6.45, 7) is 2.18. The smallest absolute Gasteiger partial charge is 0.149 e. The van der Waals surface area contributed by atoms with E-state index in [2.05, 4.69) is 9.97 Å². The first-order valence-corrected chi connectivity index (χ1v) is 7.11. The summed E-state index contributed by atoms with van der Waals surface area (Å²) in [7, 11) is -1.19. The highest BCUT2D eigenvalue weighted by atomic mass is 35.5. The third-order valence-corrected chi connectivity index (χ3v) is 3.46.